The van der Waals surface area contributed by atoms with Gasteiger partial charge in [0.15, 0.2) is 0 Å². The average molecular weight is 310 g/mol. The standard InChI is InChI=1S/C17H14N2O4/c18-7-10-3-1-2-4-11(10)8-19-9-17-6-5-12(23-17)13(16(21)22)14(17)15(19)20/h1-6,12-14H,8-9H2,(H,21,22). The minimum absolute atomic E-state index is 0.211. The number of aliphatic carboxylic acids is 1. The van der Waals surface area contributed by atoms with Crippen LogP contribution in [-0.4, -0.2) is 40.1 Å². The fourth-order valence-electron chi connectivity index (χ4n) is 3.97. The molecule has 2 bridgehead atoms. The fraction of sp³-hybridized carbons (Fsp3) is 0.353. The van der Waals surface area contributed by atoms with Crippen molar-refractivity contribution in [1.82, 2.24) is 4.90 Å². The van der Waals surface area contributed by atoms with Crippen LogP contribution in [0.1, 0.15) is 11.1 Å². The molecule has 0 radical (unpaired) electrons. The average Bonchev–Trinajstić information content (AvgIpc) is 3.16. The smallest absolute Gasteiger partial charge is 0.310 e. The lowest BCUT2D eigenvalue weighted by molar-refractivity contribution is -0.148. The van der Waals surface area contributed by atoms with Gasteiger partial charge >= 0.3 is 5.97 Å². The fourth-order valence-corrected chi connectivity index (χ4v) is 3.97. The van der Waals surface area contributed by atoms with Gasteiger partial charge in [0.1, 0.15) is 11.5 Å². The number of nitrogens with zero attached hydrogens (tertiary/aromatic N) is 2. The van der Waals surface area contributed by atoms with E-state index in [0.717, 1.165) is 5.56 Å². The van der Waals surface area contributed by atoms with Gasteiger partial charge in [-0.15, -0.1) is 0 Å². The summed E-state index contributed by atoms with van der Waals surface area (Å²) in [6.07, 6.45) is 3.06. The van der Waals surface area contributed by atoms with Crippen LogP contribution >= 0.6 is 0 Å². The van der Waals surface area contributed by atoms with Crippen molar-refractivity contribution in [3.63, 3.8) is 0 Å². The molecule has 1 aromatic carbocycles. The summed E-state index contributed by atoms with van der Waals surface area (Å²) in [4.78, 5) is 25.9. The molecule has 23 heavy (non-hydrogen) atoms. The number of carboxylic acid groups (broad SMARTS) is 1. The molecular weight excluding hydrogens is 296 g/mol. The summed E-state index contributed by atoms with van der Waals surface area (Å²) in [5.74, 6) is -2.72. The van der Waals surface area contributed by atoms with Crippen molar-refractivity contribution < 1.29 is 19.4 Å². The number of hydrogen-bond donors (Lipinski definition) is 1. The van der Waals surface area contributed by atoms with Crippen LogP contribution in [0.15, 0.2) is 36.4 Å². The van der Waals surface area contributed by atoms with E-state index in [1.807, 2.05) is 12.1 Å². The summed E-state index contributed by atoms with van der Waals surface area (Å²) >= 11 is 0. The van der Waals surface area contributed by atoms with E-state index < -0.39 is 29.5 Å². The topological polar surface area (TPSA) is 90.6 Å². The number of carbonyl (C=O) groups is 2. The Labute approximate surface area is 132 Å². The Bertz CT molecular complexity index is 781. The number of hydrogen-bond acceptors (Lipinski definition) is 4. The highest BCUT2D eigenvalue weighted by atomic mass is 16.5. The second-order valence-corrected chi connectivity index (χ2v) is 6.20. The molecule has 4 unspecified atom stereocenters. The molecule has 3 heterocycles. The third-order valence-corrected chi connectivity index (χ3v) is 4.96. The van der Waals surface area contributed by atoms with Gasteiger partial charge in [-0.25, -0.2) is 0 Å². The van der Waals surface area contributed by atoms with Gasteiger partial charge in [-0.3, -0.25) is 9.59 Å². The number of nitriles is 1. The maximum Gasteiger partial charge on any atom is 0.310 e. The first kappa shape index (κ1) is 14.0. The Hall–Kier alpha value is -2.65. The van der Waals surface area contributed by atoms with Crippen LogP contribution in [0.5, 0.6) is 0 Å². The Morgan fingerprint density at radius 2 is 2.26 bits per heavy atom. The number of likely N-dealkylation sites (tertiary alicyclic amines) is 1. The number of ether oxygens (including phenoxy) is 1. The first-order chi connectivity index (χ1) is 11.1. The van der Waals surface area contributed by atoms with Crippen molar-refractivity contribution in [2.24, 2.45) is 11.8 Å². The van der Waals surface area contributed by atoms with Crippen molar-refractivity contribution in [2.45, 2.75) is 18.2 Å². The summed E-state index contributed by atoms with van der Waals surface area (Å²) < 4.78 is 5.83. The predicted octanol–water partition coefficient (Wildman–Crippen LogP) is 0.925. The first-order valence-corrected chi connectivity index (χ1v) is 7.42. The SMILES string of the molecule is N#Cc1ccccc1CN1CC23C=CC(O2)C(C(=O)O)C3C1=O. The number of rotatable bonds is 3. The number of benzene rings is 1. The van der Waals surface area contributed by atoms with Crippen LogP contribution in [0.4, 0.5) is 0 Å². The van der Waals surface area contributed by atoms with Gasteiger partial charge in [-0.05, 0) is 11.6 Å². The molecule has 0 saturated carbocycles. The number of carbonyl (C=O) groups excluding carboxylic acids is 1. The Morgan fingerprint density at radius 1 is 1.48 bits per heavy atom. The Morgan fingerprint density at radius 3 is 3.00 bits per heavy atom. The van der Waals surface area contributed by atoms with Gasteiger partial charge < -0.3 is 14.7 Å². The van der Waals surface area contributed by atoms with Gasteiger partial charge in [0.2, 0.25) is 5.91 Å². The molecule has 1 aromatic rings. The van der Waals surface area contributed by atoms with E-state index in [-0.39, 0.29) is 12.5 Å². The molecule has 2 saturated heterocycles. The summed E-state index contributed by atoms with van der Waals surface area (Å²) in [5.41, 5.74) is 0.447. The van der Waals surface area contributed by atoms with Crippen molar-refractivity contribution in [1.29, 1.82) is 5.26 Å². The highest BCUT2D eigenvalue weighted by Gasteiger charge is 2.66. The molecule has 6 heteroatoms. The van der Waals surface area contributed by atoms with E-state index in [2.05, 4.69) is 6.07 Å². The van der Waals surface area contributed by atoms with Crippen molar-refractivity contribution in [2.75, 3.05) is 6.54 Å². The van der Waals surface area contributed by atoms with Crippen molar-refractivity contribution in [3.8, 4) is 6.07 Å². The molecular formula is C17H14N2O4. The molecule has 1 amide bonds. The largest absolute Gasteiger partial charge is 0.481 e. The maximum absolute atomic E-state index is 12.8. The molecule has 3 aliphatic heterocycles. The highest BCUT2D eigenvalue weighted by Crippen LogP contribution is 2.52. The normalized spacial score (nSPS) is 33.8. The molecule has 0 aromatic heterocycles. The molecule has 116 valence electrons. The Balaban J connectivity index is 1.65. The maximum atomic E-state index is 12.8. The summed E-state index contributed by atoms with van der Waals surface area (Å²) in [5, 5.41) is 18.6. The Kier molecular flexibility index (Phi) is 2.84. The second kappa shape index (κ2) is 4.67. The highest BCUT2D eigenvalue weighted by molar-refractivity contribution is 5.90. The van der Waals surface area contributed by atoms with Crippen LogP contribution < -0.4 is 0 Å². The third-order valence-electron chi connectivity index (χ3n) is 4.96. The van der Waals surface area contributed by atoms with Crippen LogP contribution in [0.25, 0.3) is 0 Å². The monoisotopic (exact) mass is 310 g/mol. The second-order valence-electron chi connectivity index (χ2n) is 6.20. The molecule has 0 aliphatic carbocycles. The zero-order chi connectivity index (χ0) is 16.2. The molecule has 4 atom stereocenters. The number of fused-ring (bicyclic) bond motifs is 1. The minimum atomic E-state index is -1.00. The summed E-state index contributed by atoms with van der Waals surface area (Å²) in [6, 6.07) is 9.22. The van der Waals surface area contributed by atoms with Gasteiger partial charge in [0.25, 0.3) is 0 Å². The predicted molar refractivity (Wildman–Crippen MR) is 77.9 cm³/mol. The first-order valence-electron chi connectivity index (χ1n) is 7.42. The van der Waals surface area contributed by atoms with Gasteiger partial charge in [0, 0.05) is 6.54 Å². The van der Waals surface area contributed by atoms with Crippen molar-refractivity contribution in [3.05, 3.63) is 47.5 Å². The van der Waals surface area contributed by atoms with E-state index >= 15 is 0 Å². The molecule has 1 N–H and O–H groups in total. The van der Waals surface area contributed by atoms with Crippen LogP contribution in [0.2, 0.25) is 0 Å². The van der Waals surface area contributed by atoms with E-state index in [9.17, 15) is 20.0 Å². The lowest BCUT2D eigenvalue weighted by atomic mass is 9.77. The van der Waals surface area contributed by atoms with Crippen molar-refractivity contribution >= 4 is 11.9 Å². The molecule has 6 nitrogen and oxygen atoms in total. The lowest BCUT2D eigenvalue weighted by Gasteiger charge is -2.21. The van der Waals surface area contributed by atoms with E-state index in [4.69, 9.17) is 4.74 Å². The number of amides is 1. The quantitative estimate of drug-likeness (QED) is 0.839. The molecule has 1 spiro atoms. The lowest BCUT2D eigenvalue weighted by Crippen LogP contribution is -2.39. The zero-order valence-electron chi connectivity index (χ0n) is 12.2. The van der Waals surface area contributed by atoms with Crippen LogP contribution in [0.3, 0.4) is 0 Å². The third kappa shape index (κ3) is 1.83. The van der Waals surface area contributed by atoms with E-state index in [1.54, 1.807) is 29.2 Å². The van der Waals surface area contributed by atoms with Gasteiger partial charge in [-0.2, -0.15) is 5.26 Å². The van der Waals surface area contributed by atoms with Gasteiger partial charge in [0.05, 0.1) is 30.2 Å². The van der Waals surface area contributed by atoms with Gasteiger partial charge in [-0.1, -0.05) is 30.4 Å². The van der Waals surface area contributed by atoms with E-state index in [0.29, 0.717) is 12.1 Å². The van der Waals surface area contributed by atoms with E-state index in [1.165, 1.54) is 0 Å². The molecule has 2 fully saturated rings. The minimum Gasteiger partial charge on any atom is -0.481 e. The molecule has 3 aliphatic rings. The summed E-state index contributed by atoms with van der Waals surface area (Å²) in [6.45, 7) is 0.613. The van der Waals surface area contributed by atoms with Crippen LogP contribution in [0, 0.1) is 23.2 Å². The molecule has 4 rings (SSSR count). The number of carboxylic acids is 1. The summed E-state index contributed by atoms with van der Waals surface area (Å²) in [7, 11) is 0. The zero-order valence-corrected chi connectivity index (χ0v) is 12.2. The van der Waals surface area contributed by atoms with Crippen LogP contribution in [-0.2, 0) is 20.9 Å².